The predicted molar refractivity (Wildman–Crippen MR) is 82.4 cm³/mol. The van der Waals surface area contributed by atoms with Crippen LogP contribution in [0.5, 0.6) is 0 Å². The molecular formula is C14H30N2O3S. The Morgan fingerprint density at radius 3 is 2.55 bits per heavy atom. The third kappa shape index (κ3) is 8.89. The van der Waals surface area contributed by atoms with Crippen LogP contribution in [0, 0.1) is 0 Å². The SMILES string of the molecule is CCCNCCCCS(=O)(=O)NCCOC1CCCC1. The maximum Gasteiger partial charge on any atom is 0.211 e. The van der Waals surface area contributed by atoms with Crippen LogP contribution in [-0.2, 0) is 14.8 Å². The normalized spacial score (nSPS) is 16.9. The molecule has 5 nitrogen and oxygen atoms in total. The highest BCUT2D eigenvalue weighted by Crippen LogP contribution is 2.20. The van der Waals surface area contributed by atoms with Gasteiger partial charge >= 0.3 is 0 Å². The minimum atomic E-state index is -3.13. The number of hydrogen-bond acceptors (Lipinski definition) is 4. The van der Waals surface area contributed by atoms with Crippen LogP contribution >= 0.6 is 0 Å². The molecule has 0 unspecified atom stereocenters. The van der Waals surface area contributed by atoms with Crippen molar-refractivity contribution in [2.75, 3.05) is 32.0 Å². The number of ether oxygens (including phenoxy) is 1. The quantitative estimate of drug-likeness (QED) is 0.538. The molecule has 1 saturated carbocycles. The average Bonchev–Trinajstić information content (AvgIpc) is 2.92. The molecule has 1 fully saturated rings. The first-order valence-corrected chi connectivity index (χ1v) is 9.59. The number of nitrogens with one attached hydrogen (secondary N) is 2. The molecule has 0 aromatic carbocycles. The molecule has 0 heterocycles. The highest BCUT2D eigenvalue weighted by molar-refractivity contribution is 7.89. The Labute approximate surface area is 123 Å². The predicted octanol–water partition coefficient (Wildman–Crippen LogP) is 1.64. The van der Waals surface area contributed by atoms with Gasteiger partial charge in [-0.1, -0.05) is 19.8 Å². The second kappa shape index (κ2) is 10.5. The molecule has 0 aromatic heterocycles. The first-order valence-electron chi connectivity index (χ1n) is 7.93. The van der Waals surface area contributed by atoms with Gasteiger partial charge in [0.25, 0.3) is 0 Å². The minimum Gasteiger partial charge on any atom is -0.377 e. The summed E-state index contributed by atoms with van der Waals surface area (Å²) < 4.78 is 31.7. The van der Waals surface area contributed by atoms with Crippen molar-refractivity contribution in [3.8, 4) is 0 Å². The summed E-state index contributed by atoms with van der Waals surface area (Å²) in [6.07, 6.45) is 7.79. The van der Waals surface area contributed by atoms with E-state index in [1.807, 2.05) is 0 Å². The molecule has 120 valence electrons. The lowest BCUT2D eigenvalue weighted by Gasteiger charge is -2.11. The van der Waals surface area contributed by atoms with E-state index in [4.69, 9.17) is 4.74 Å². The van der Waals surface area contributed by atoms with Crippen molar-refractivity contribution < 1.29 is 13.2 Å². The molecule has 0 amide bonds. The molecular weight excluding hydrogens is 276 g/mol. The summed E-state index contributed by atoms with van der Waals surface area (Å²) in [5.41, 5.74) is 0. The molecule has 0 bridgehead atoms. The summed E-state index contributed by atoms with van der Waals surface area (Å²) in [5, 5.41) is 3.27. The van der Waals surface area contributed by atoms with Crippen molar-refractivity contribution in [1.29, 1.82) is 0 Å². The van der Waals surface area contributed by atoms with Gasteiger partial charge in [0, 0.05) is 6.54 Å². The topological polar surface area (TPSA) is 67.4 Å². The van der Waals surface area contributed by atoms with E-state index in [0.29, 0.717) is 25.7 Å². The first-order chi connectivity index (χ1) is 9.64. The summed E-state index contributed by atoms with van der Waals surface area (Å²) in [6, 6.07) is 0. The fourth-order valence-electron chi connectivity index (χ4n) is 2.39. The largest absolute Gasteiger partial charge is 0.377 e. The fourth-order valence-corrected chi connectivity index (χ4v) is 3.52. The van der Waals surface area contributed by atoms with Crippen molar-refractivity contribution in [3.05, 3.63) is 0 Å². The maximum absolute atomic E-state index is 11.7. The van der Waals surface area contributed by atoms with Crippen LogP contribution < -0.4 is 10.0 Å². The Morgan fingerprint density at radius 2 is 1.85 bits per heavy atom. The van der Waals surface area contributed by atoms with Crippen molar-refractivity contribution in [2.24, 2.45) is 0 Å². The zero-order chi connectivity index (χ0) is 14.7. The molecule has 0 saturated heterocycles. The fraction of sp³-hybridized carbons (Fsp3) is 1.00. The van der Waals surface area contributed by atoms with Gasteiger partial charge in [0.2, 0.25) is 10.0 Å². The molecule has 0 aromatic rings. The summed E-state index contributed by atoms with van der Waals surface area (Å²) in [4.78, 5) is 0. The van der Waals surface area contributed by atoms with E-state index in [-0.39, 0.29) is 5.75 Å². The van der Waals surface area contributed by atoms with Gasteiger partial charge in [0.05, 0.1) is 18.5 Å². The second-order valence-electron chi connectivity index (χ2n) is 5.45. The van der Waals surface area contributed by atoms with Gasteiger partial charge in [-0.2, -0.15) is 0 Å². The van der Waals surface area contributed by atoms with Crippen LogP contribution in [0.25, 0.3) is 0 Å². The summed E-state index contributed by atoms with van der Waals surface area (Å²) in [7, 11) is -3.13. The molecule has 2 N–H and O–H groups in total. The van der Waals surface area contributed by atoms with Crippen LogP contribution in [-0.4, -0.2) is 46.5 Å². The van der Waals surface area contributed by atoms with E-state index in [0.717, 1.165) is 38.8 Å². The molecule has 0 spiro atoms. The Hall–Kier alpha value is -0.170. The monoisotopic (exact) mass is 306 g/mol. The highest BCUT2D eigenvalue weighted by Gasteiger charge is 2.15. The minimum absolute atomic E-state index is 0.213. The molecule has 6 heteroatoms. The lowest BCUT2D eigenvalue weighted by atomic mass is 10.3. The van der Waals surface area contributed by atoms with Crippen molar-refractivity contribution in [2.45, 2.75) is 58.0 Å². The van der Waals surface area contributed by atoms with Gasteiger partial charge in [-0.25, -0.2) is 13.1 Å². The number of rotatable bonds is 12. The number of sulfonamides is 1. The highest BCUT2D eigenvalue weighted by atomic mass is 32.2. The average molecular weight is 306 g/mol. The standard InChI is InChI=1S/C14H30N2O3S/c1-2-9-15-10-5-6-13-20(17,18)16-11-12-19-14-7-3-4-8-14/h14-16H,2-13H2,1H3. The molecule has 0 atom stereocenters. The zero-order valence-electron chi connectivity index (χ0n) is 12.7. The first kappa shape index (κ1) is 17.9. The van der Waals surface area contributed by atoms with Crippen LogP contribution in [0.3, 0.4) is 0 Å². The third-order valence-electron chi connectivity index (χ3n) is 3.52. The van der Waals surface area contributed by atoms with Crippen molar-refractivity contribution in [3.63, 3.8) is 0 Å². The van der Waals surface area contributed by atoms with Crippen LogP contribution in [0.1, 0.15) is 51.9 Å². The number of unbranched alkanes of at least 4 members (excludes halogenated alkanes) is 1. The molecule has 0 radical (unpaired) electrons. The van der Waals surface area contributed by atoms with Crippen molar-refractivity contribution >= 4 is 10.0 Å². The van der Waals surface area contributed by atoms with Gasteiger partial charge in [0.1, 0.15) is 0 Å². The van der Waals surface area contributed by atoms with E-state index >= 15 is 0 Å². The maximum atomic E-state index is 11.7. The summed E-state index contributed by atoms with van der Waals surface area (Å²) in [6.45, 7) is 4.90. The van der Waals surface area contributed by atoms with Crippen LogP contribution in [0.2, 0.25) is 0 Å². The Morgan fingerprint density at radius 1 is 1.10 bits per heavy atom. The van der Waals surface area contributed by atoms with Gasteiger partial charge in [-0.3, -0.25) is 0 Å². The van der Waals surface area contributed by atoms with Gasteiger partial charge in [-0.05, 0) is 45.2 Å². The third-order valence-corrected chi connectivity index (χ3v) is 4.99. The molecule has 1 aliphatic carbocycles. The molecule has 1 rings (SSSR count). The molecule has 0 aliphatic heterocycles. The second-order valence-corrected chi connectivity index (χ2v) is 7.37. The van der Waals surface area contributed by atoms with E-state index < -0.39 is 10.0 Å². The summed E-state index contributed by atoms with van der Waals surface area (Å²) in [5.74, 6) is 0.213. The van der Waals surface area contributed by atoms with Crippen LogP contribution in [0.4, 0.5) is 0 Å². The van der Waals surface area contributed by atoms with Crippen molar-refractivity contribution in [1.82, 2.24) is 10.0 Å². The Kier molecular flexibility index (Phi) is 9.42. The summed E-state index contributed by atoms with van der Waals surface area (Å²) >= 11 is 0. The smallest absolute Gasteiger partial charge is 0.211 e. The van der Waals surface area contributed by atoms with E-state index in [1.165, 1.54) is 12.8 Å². The Balaban J connectivity index is 1.97. The van der Waals surface area contributed by atoms with E-state index in [2.05, 4.69) is 17.0 Å². The van der Waals surface area contributed by atoms with E-state index in [1.54, 1.807) is 0 Å². The van der Waals surface area contributed by atoms with Crippen LogP contribution in [0.15, 0.2) is 0 Å². The Bertz CT molecular complexity index is 327. The zero-order valence-corrected chi connectivity index (χ0v) is 13.5. The van der Waals surface area contributed by atoms with Gasteiger partial charge in [0.15, 0.2) is 0 Å². The van der Waals surface area contributed by atoms with Gasteiger partial charge < -0.3 is 10.1 Å². The van der Waals surface area contributed by atoms with E-state index in [9.17, 15) is 8.42 Å². The molecule has 1 aliphatic rings. The number of hydrogen-bond donors (Lipinski definition) is 2. The van der Waals surface area contributed by atoms with Gasteiger partial charge in [-0.15, -0.1) is 0 Å². The lowest BCUT2D eigenvalue weighted by molar-refractivity contribution is 0.0626. The molecule has 20 heavy (non-hydrogen) atoms. The lowest BCUT2D eigenvalue weighted by Crippen LogP contribution is -2.30.